The number of carbonyl (C=O) groups excluding carboxylic acids is 2. The quantitative estimate of drug-likeness (QED) is 0.639. The van der Waals surface area contributed by atoms with Gasteiger partial charge in [0, 0.05) is 18.8 Å². The molecule has 8 heteroatoms. The molecule has 1 fully saturated rings. The third-order valence-corrected chi connectivity index (χ3v) is 7.57. The van der Waals surface area contributed by atoms with Crippen molar-refractivity contribution in [1.29, 1.82) is 0 Å². The highest BCUT2D eigenvalue weighted by Crippen LogP contribution is 2.26. The number of piperidine rings is 1. The Kier molecular flexibility index (Phi) is 7.69. The molecule has 1 N–H and O–H groups in total. The van der Waals surface area contributed by atoms with Crippen molar-refractivity contribution in [3.05, 3.63) is 59.7 Å². The van der Waals surface area contributed by atoms with Gasteiger partial charge < -0.3 is 10.1 Å². The number of nitrogens with zero attached hydrogens (tertiary/aromatic N) is 1. The number of esters is 1. The van der Waals surface area contributed by atoms with Gasteiger partial charge in [-0.25, -0.2) is 8.42 Å². The first-order valence-corrected chi connectivity index (χ1v) is 12.2. The number of rotatable bonds is 7. The lowest BCUT2D eigenvalue weighted by Crippen LogP contribution is -2.40. The smallest absolute Gasteiger partial charge is 0.309 e. The first kappa shape index (κ1) is 23.9. The number of hydrogen-bond acceptors (Lipinski definition) is 5. The number of anilines is 1. The Morgan fingerprint density at radius 1 is 1.03 bits per heavy atom. The van der Waals surface area contributed by atoms with Gasteiger partial charge in [-0.3, -0.25) is 9.59 Å². The van der Waals surface area contributed by atoms with E-state index in [1.165, 1.54) is 4.31 Å². The summed E-state index contributed by atoms with van der Waals surface area (Å²) in [6, 6.07) is 14.3. The highest BCUT2D eigenvalue weighted by Gasteiger charge is 2.33. The fraction of sp³-hybridized carbons (Fsp3) is 0.417. The maximum Gasteiger partial charge on any atom is 0.309 e. The molecule has 2 aromatic rings. The Morgan fingerprint density at radius 2 is 1.62 bits per heavy atom. The molecular formula is C24H30N2O5S. The van der Waals surface area contributed by atoms with Crippen molar-refractivity contribution in [3.63, 3.8) is 0 Å². The van der Waals surface area contributed by atoms with E-state index in [1.54, 1.807) is 24.3 Å². The van der Waals surface area contributed by atoms with Gasteiger partial charge in [-0.1, -0.05) is 43.7 Å². The van der Waals surface area contributed by atoms with Crippen molar-refractivity contribution in [2.24, 2.45) is 5.92 Å². The van der Waals surface area contributed by atoms with Crippen LogP contribution in [0.5, 0.6) is 0 Å². The molecule has 0 saturated carbocycles. The molecule has 0 unspecified atom stereocenters. The Labute approximate surface area is 189 Å². The summed E-state index contributed by atoms with van der Waals surface area (Å²) in [7, 11) is -3.60. The first-order chi connectivity index (χ1) is 15.2. The van der Waals surface area contributed by atoms with Crippen LogP contribution in [0.15, 0.2) is 53.4 Å². The van der Waals surface area contributed by atoms with Gasteiger partial charge in [0.1, 0.15) is 0 Å². The van der Waals surface area contributed by atoms with Gasteiger partial charge in [0.2, 0.25) is 10.0 Å². The summed E-state index contributed by atoms with van der Waals surface area (Å²) in [6.07, 6.45) is 0.726. The van der Waals surface area contributed by atoms with E-state index >= 15 is 0 Å². The predicted octanol–water partition coefficient (Wildman–Crippen LogP) is 3.70. The summed E-state index contributed by atoms with van der Waals surface area (Å²) in [5.41, 5.74) is 2.80. The molecule has 0 atom stereocenters. The summed E-state index contributed by atoms with van der Waals surface area (Å²) in [5.74, 6) is -0.973. The average molecular weight is 459 g/mol. The normalized spacial score (nSPS) is 15.5. The third kappa shape index (κ3) is 5.95. The number of carbonyl (C=O) groups is 2. The third-order valence-electron chi connectivity index (χ3n) is 5.65. The number of ether oxygens (including phenoxy) is 1. The number of nitrogens with one attached hydrogen (secondary N) is 1. The Morgan fingerprint density at radius 3 is 2.19 bits per heavy atom. The molecule has 32 heavy (non-hydrogen) atoms. The molecule has 0 spiro atoms. The minimum absolute atomic E-state index is 0.240. The summed E-state index contributed by atoms with van der Waals surface area (Å²) in [6.45, 7) is 6.17. The summed E-state index contributed by atoms with van der Waals surface area (Å²) < 4.78 is 32.4. The Hall–Kier alpha value is -2.71. The van der Waals surface area contributed by atoms with Crippen LogP contribution < -0.4 is 5.32 Å². The number of sulfonamides is 1. The lowest BCUT2D eigenvalue weighted by Gasteiger charge is -2.30. The minimum Gasteiger partial charge on any atom is -0.455 e. The summed E-state index contributed by atoms with van der Waals surface area (Å²) in [5, 5.41) is 2.68. The van der Waals surface area contributed by atoms with Crippen LogP contribution in [0.2, 0.25) is 0 Å². The fourth-order valence-corrected chi connectivity index (χ4v) is 5.06. The van der Waals surface area contributed by atoms with E-state index in [-0.39, 0.29) is 24.6 Å². The van der Waals surface area contributed by atoms with Crippen LogP contribution in [-0.2, 0) is 24.3 Å². The predicted molar refractivity (Wildman–Crippen MR) is 123 cm³/mol. The van der Waals surface area contributed by atoms with E-state index in [0.29, 0.717) is 24.4 Å². The molecule has 0 aliphatic carbocycles. The van der Waals surface area contributed by atoms with Crippen molar-refractivity contribution in [1.82, 2.24) is 4.31 Å². The molecule has 3 rings (SSSR count). The van der Waals surface area contributed by atoms with E-state index in [9.17, 15) is 18.0 Å². The van der Waals surface area contributed by atoms with Gasteiger partial charge in [-0.2, -0.15) is 4.31 Å². The van der Waals surface area contributed by atoms with Crippen LogP contribution in [0.25, 0.3) is 0 Å². The summed E-state index contributed by atoms with van der Waals surface area (Å²) in [4.78, 5) is 24.6. The zero-order valence-corrected chi connectivity index (χ0v) is 19.5. The second-order valence-corrected chi connectivity index (χ2v) is 10.4. The average Bonchev–Trinajstić information content (AvgIpc) is 2.79. The number of aryl methyl sites for hydroxylation is 1. The zero-order valence-electron chi connectivity index (χ0n) is 18.7. The second kappa shape index (κ2) is 10.3. The Balaban J connectivity index is 1.48. The molecule has 172 valence electrons. The zero-order chi connectivity index (χ0) is 23.3. The molecule has 1 amide bonds. The van der Waals surface area contributed by atoms with Gasteiger partial charge in [0.15, 0.2) is 6.61 Å². The van der Waals surface area contributed by atoms with E-state index in [1.807, 2.05) is 31.2 Å². The van der Waals surface area contributed by atoms with Crippen LogP contribution in [0, 0.1) is 12.8 Å². The molecule has 0 aromatic heterocycles. The summed E-state index contributed by atoms with van der Waals surface area (Å²) >= 11 is 0. The van der Waals surface area contributed by atoms with E-state index in [0.717, 1.165) is 11.1 Å². The SMILES string of the molecule is Cc1ccc(NC(=O)COC(=O)C2CCN(S(=O)(=O)c3ccc(C(C)C)cc3)CC2)cc1. The lowest BCUT2D eigenvalue weighted by atomic mass is 9.98. The number of benzene rings is 2. The molecule has 1 aliphatic rings. The molecule has 1 saturated heterocycles. The number of amides is 1. The van der Waals surface area contributed by atoms with Crippen molar-refractivity contribution in [2.45, 2.75) is 44.4 Å². The fourth-order valence-electron chi connectivity index (χ4n) is 3.59. The monoisotopic (exact) mass is 458 g/mol. The van der Waals surface area contributed by atoms with Gasteiger partial charge in [0.05, 0.1) is 10.8 Å². The second-order valence-electron chi connectivity index (χ2n) is 8.42. The highest BCUT2D eigenvalue weighted by molar-refractivity contribution is 7.89. The van der Waals surface area contributed by atoms with Gasteiger partial charge in [0.25, 0.3) is 5.91 Å². The molecule has 0 radical (unpaired) electrons. The van der Waals surface area contributed by atoms with E-state index < -0.39 is 27.8 Å². The van der Waals surface area contributed by atoms with E-state index in [2.05, 4.69) is 19.2 Å². The van der Waals surface area contributed by atoms with Gasteiger partial charge in [-0.05, 0) is 55.5 Å². The maximum atomic E-state index is 12.9. The topological polar surface area (TPSA) is 92.8 Å². The van der Waals surface area contributed by atoms with Crippen LogP contribution >= 0.6 is 0 Å². The first-order valence-electron chi connectivity index (χ1n) is 10.8. The molecule has 7 nitrogen and oxygen atoms in total. The molecule has 1 heterocycles. The largest absolute Gasteiger partial charge is 0.455 e. The number of hydrogen-bond donors (Lipinski definition) is 1. The van der Waals surface area contributed by atoms with E-state index in [4.69, 9.17) is 4.74 Å². The van der Waals surface area contributed by atoms with Crippen molar-refractivity contribution in [2.75, 3.05) is 25.0 Å². The van der Waals surface area contributed by atoms with Crippen LogP contribution in [0.1, 0.15) is 43.7 Å². The Bertz CT molecular complexity index is 1040. The maximum absolute atomic E-state index is 12.9. The molecular weight excluding hydrogens is 428 g/mol. The highest BCUT2D eigenvalue weighted by atomic mass is 32.2. The van der Waals surface area contributed by atoms with Crippen molar-refractivity contribution < 1.29 is 22.7 Å². The van der Waals surface area contributed by atoms with Crippen LogP contribution in [-0.4, -0.2) is 44.3 Å². The van der Waals surface area contributed by atoms with Crippen LogP contribution in [0.4, 0.5) is 5.69 Å². The van der Waals surface area contributed by atoms with Crippen LogP contribution in [0.3, 0.4) is 0 Å². The molecule has 1 aliphatic heterocycles. The minimum atomic E-state index is -3.60. The van der Waals surface area contributed by atoms with Gasteiger partial charge in [-0.15, -0.1) is 0 Å². The molecule has 0 bridgehead atoms. The standard InChI is InChI=1S/C24H30N2O5S/c1-17(2)19-6-10-22(11-7-19)32(29,30)26-14-12-20(13-15-26)24(28)31-16-23(27)25-21-8-4-18(3)5-9-21/h4-11,17,20H,12-16H2,1-3H3,(H,25,27). The van der Waals surface area contributed by atoms with Crippen molar-refractivity contribution in [3.8, 4) is 0 Å². The molecule has 2 aromatic carbocycles. The van der Waals surface area contributed by atoms with Crippen molar-refractivity contribution >= 4 is 27.6 Å². The lowest BCUT2D eigenvalue weighted by molar-refractivity contribution is -0.152. The van der Waals surface area contributed by atoms with Gasteiger partial charge >= 0.3 is 5.97 Å².